The van der Waals surface area contributed by atoms with Crippen LogP contribution in [0.2, 0.25) is 5.02 Å². The van der Waals surface area contributed by atoms with E-state index in [9.17, 15) is 9.90 Å². The number of carbonyl (C=O) groups is 1. The molecule has 4 rings (SSSR count). The van der Waals surface area contributed by atoms with Crippen LogP contribution < -0.4 is 5.32 Å². The molecule has 0 radical (unpaired) electrons. The summed E-state index contributed by atoms with van der Waals surface area (Å²) in [6.45, 7) is 8.04. The molecule has 0 spiro atoms. The summed E-state index contributed by atoms with van der Waals surface area (Å²) in [4.78, 5) is 12.9. The number of rotatable bonds is 5. The second kappa shape index (κ2) is 8.87. The van der Waals surface area contributed by atoms with E-state index in [1.165, 1.54) is 12.8 Å². The number of hydrogen-bond donors (Lipinski definition) is 2. The summed E-state index contributed by atoms with van der Waals surface area (Å²) < 4.78 is 2.08. The minimum atomic E-state index is -1.14. The summed E-state index contributed by atoms with van der Waals surface area (Å²) in [7, 11) is 0. The van der Waals surface area contributed by atoms with Crippen molar-refractivity contribution in [3.05, 3.63) is 58.7 Å². The molecular formula is C26H32ClN3O2. The lowest BCUT2D eigenvalue weighted by Crippen LogP contribution is -2.21. The molecule has 1 aliphatic carbocycles. The highest BCUT2D eigenvalue weighted by atomic mass is 35.5. The smallest absolute Gasteiger partial charge is 0.257 e. The van der Waals surface area contributed by atoms with Crippen molar-refractivity contribution in [3.63, 3.8) is 0 Å². The Hall–Kier alpha value is -2.37. The maximum atomic E-state index is 12.9. The van der Waals surface area contributed by atoms with Gasteiger partial charge in [-0.3, -0.25) is 9.48 Å². The Morgan fingerprint density at radius 1 is 1.19 bits per heavy atom. The fourth-order valence-corrected chi connectivity index (χ4v) is 4.98. The molecule has 5 nitrogen and oxygen atoms in total. The second-order valence-electron chi connectivity index (χ2n) is 9.87. The van der Waals surface area contributed by atoms with E-state index in [-0.39, 0.29) is 5.91 Å². The van der Waals surface area contributed by atoms with E-state index in [0.717, 1.165) is 35.6 Å². The fraction of sp³-hybridized carbons (Fsp3) is 0.462. The Kier molecular flexibility index (Phi) is 6.33. The van der Waals surface area contributed by atoms with Crippen LogP contribution in [0.15, 0.2) is 42.6 Å². The van der Waals surface area contributed by atoms with Crippen LogP contribution in [0.25, 0.3) is 10.9 Å². The average Bonchev–Trinajstić information content (AvgIpc) is 3.16. The standard InChI is InChI=1S/C26H32ClN3O2/c1-16(2)17-9-11-19(12-10-17)30-15-18-13-24(21(26(3,4)32)14-23(18)29-30)28-25(31)20-7-5-6-8-22(20)27/h5-8,13-17,19,32H,9-12H2,1-4H3,(H,28,31). The number of fused-ring (bicyclic) bond motifs is 1. The van der Waals surface area contributed by atoms with Gasteiger partial charge in [-0.1, -0.05) is 37.6 Å². The zero-order valence-corrected chi connectivity index (χ0v) is 20.0. The fourth-order valence-electron chi connectivity index (χ4n) is 4.76. The Labute approximate surface area is 194 Å². The number of amides is 1. The van der Waals surface area contributed by atoms with E-state index in [0.29, 0.717) is 27.9 Å². The highest BCUT2D eigenvalue weighted by molar-refractivity contribution is 6.34. The second-order valence-corrected chi connectivity index (χ2v) is 10.3. The Morgan fingerprint density at radius 2 is 1.88 bits per heavy atom. The molecule has 0 bridgehead atoms. The predicted octanol–water partition coefficient (Wildman–Crippen LogP) is 6.56. The first-order valence-electron chi connectivity index (χ1n) is 11.4. The van der Waals surface area contributed by atoms with Gasteiger partial charge in [-0.2, -0.15) is 5.10 Å². The molecule has 32 heavy (non-hydrogen) atoms. The van der Waals surface area contributed by atoms with Crippen LogP contribution in [-0.2, 0) is 5.60 Å². The summed E-state index contributed by atoms with van der Waals surface area (Å²) in [5, 5.41) is 19.9. The molecule has 1 saturated carbocycles. The van der Waals surface area contributed by atoms with E-state index >= 15 is 0 Å². The van der Waals surface area contributed by atoms with Gasteiger partial charge in [0, 0.05) is 22.8 Å². The van der Waals surface area contributed by atoms with Gasteiger partial charge in [0.2, 0.25) is 0 Å². The van der Waals surface area contributed by atoms with Crippen molar-refractivity contribution in [2.45, 2.75) is 65.0 Å². The lowest BCUT2D eigenvalue weighted by atomic mass is 9.80. The first kappa shape index (κ1) is 22.8. The lowest BCUT2D eigenvalue weighted by molar-refractivity contribution is 0.0794. The van der Waals surface area contributed by atoms with Gasteiger partial charge in [-0.05, 0) is 75.6 Å². The van der Waals surface area contributed by atoms with E-state index in [1.54, 1.807) is 38.1 Å². The highest BCUT2D eigenvalue weighted by Gasteiger charge is 2.27. The molecule has 2 N–H and O–H groups in total. The normalized spacial score (nSPS) is 19.5. The summed E-state index contributed by atoms with van der Waals surface area (Å²) in [5.41, 5.74) is 1.27. The lowest BCUT2D eigenvalue weighted by Gasteiger charge is -2.30. The Bertz CT molecular complexity index is 1120. The van der Waals surface area contributed by atoms with Crippen LogP contribution in [0, 0.1) is 11.8 Å². The van der Waals surface area contributed by atoms with Crippen LogP contribution >= 0.6 is 11.6 Å². The van der Waals surface area contributed by atoms with Crippen LogP contribution in [0.1, 0.15) is 75.3 Å². The number of nitrogens with one attached hydrogen (secondary N) is 1. The van der Waals surface area contributed by atoms with Crippen molar-refractivity contribution in [2.24, 2.45) is 11.8 Å². The monoisotopic (exact) mass is 453 g/mol. The molecule has 170 valence electrons. The highest BCUT2D eigenvalue weighted by Crippen LogP contribution is 2.37. The third-order valence-corrected chi connectivity index (χ3v) is 7.08. The number of aromatic nitrogens is 2. The minimum Gasteiger partial charge on any atom is -0.386 e. The minimum absolute atomic E-state index is 0.306. The summed E-state index contributed by atoms with van der Waals surface area (Å²) in [6.07, 6.45) is 6.78. The molecule has 2 aromatic carbocycles. The molecule has 0 aliphatic heterocycles. The quantitative estimate of drug-likeness (QED) is 0.459. The van der Waals surface area contributed by atoms with Crippen molar-refractivity contribution < 1.29 is 9.90 Å². The maximum absolute atomic E-state index is 12.9. The molecule has 0 atom stereocenters. The van der Waals surface area contributed by atoms with Gasteiger partial charge in [0.05, 0.1) is 27.7 Å². The van der Waals surface area contributed by atoms with Crippen LogP contribution in [-0.4, -0.2) is 20.8 Å². The van der Waals surface area contributed by atoms with Gasteiger partial charge in [0.15, 0.2) is 0 Å². The molecule has 3 aromatic rings. The van der Waals surface area contributed by atoms with Gasteiger partial charge in [-0.15, -0.1) is 0 Å². The van der Waals surface area contributed by atoms with Crippen molar-refractivity contribution in [1.29, 1.82) is 0 Å². The molecule has 1 aromatic heterocycles. The first-order chi connectivity index (χ1) is 15.1. The third kappa shape index (κ3) is 4.69. The van der Waals surface area contributed by atoms with E-state index < -0.39 is 5.60 Å². The molecule has 0 unspecified atom stereocenters. The van der Waals surface area contributed by atoms with Gasteiger partial charge in [0.25, 0.3) is 5.91 Å². The number of carbonyl (C=O) groups excluding carboxylic acids is 1. The Balaban J connectivity index is 1.65. The third-order valence-electron chi connectivity index (χ3n) is 6.75. The van der Waals surface area contributed by atoms with E-state index in [2.05, 4.69) is 30.0 Å². The molecule has 1 heterocycles. The summed E-state index contributed by atoms with van der Waals surface area (Å²) in [5.74, 6) is 1.22. The molecule has 1 aliphatic rings. The SMILES string of the molecule is CC(C)C1CCC(n2cc3cc(NC(=O)c4ccccc4Cl)c(C(C)(C)O)cc3n2)CC1. The van der Waals surface area contributed by atoms with Gasteiger partial charge in [0.1, 0.15) is 0 Å². The largest absolute Gasteiger partial charge is 0.386 e. The number of halogens is 1. The van der Waals surface area contributed by atoms with Crippen molar-refractivity contribution in [3.8, 4) is 0 Å². The number of hydrogen-bond acceptors (Lipinski definition) is 3. The number of aliphatic hydroxyl groups is 1. The number of benzene rings is 2. The zero-order chi connectivity index (χ0) is 23.0. The zero-order valence-electron chi connectivity index (χ0n) is 19.2. The Morgan fingerprint density at radius 3 is 2.50 bits per heavy atom. The number of anilines is 1. The summed E-state index contributed by atoms with van der Waals surface area (Å²) >= 11 is 6.21. The van der Waals surface area contributed by atoms with Crippen LogP contribution in [0.5, 0.6) is 0 Å². The van der Waals surface area contributed by atoms with Crippen molar-refractivity contribution >= 4 is 34.1 Å². The molecule has 0 saturated heterocycles. The first-order valence-corrected chi connectivity index (χ1v) is 11.8. The van der Waals surface area contributed by atoms with Gasteiger partial charge in [-0.25, -0.2) is 0 Å². The maximum Gasteiger partial charge on any atom is 0.257 e. The summed E-state index contributed by atoms with van der Waals surface area (Å²) in [6, 6.07) is 11.1. The molecule has 6 heteroatoms. The average molecular weight is 454 g/mol. The van der Waals surface area contributed by atoms with Crippen LogP contribution in [0.4, 0.5) is 5.69 Å². The molecular weight excluding hydrogens is 422 g/mol. The predicted molar refractivity (Wildman–Crippen MR) is 130 cm³/mol. The molecule has 1 fully saturated rings. The van der Waals surface area contributed by atoms with Gasteiger partial charge >= 0.3 is 0 Å². The topological polar surface area (TPSA) is 67.2 Å². The number of nitrogens with zero attached hydrogens (tertiary/aromatic N) is 2. The van der Waals surface area contributed by atoms with Gasteiger partial charge < -0.3 is 10.4 Å². The molecule has 1 amide bonds. The van der Waals surface area contributed by atoms with E-state index in [4.69, 9.17) is 16.7 Å². The van der Waals surface area contributed by atoms with Crippen molar-refractivity contribution in [1.82, 2.24) is 9.78 Å². The van der Waals surface area contributed by atoms with Crippen molar-refractivity contribution in [2.75, 3.05) is 5.32 Å². The van der Waals surface area contributed by atoms with E-state index in [1.807, 2.05) is 12.1 Å². The van der Waals surface area contributed by atoms with Crippen LogP contribution in [0.3, 0.4) is 0 Å².